The van der Waals surface area contributed by atoms with Gasteiger partial charge in [0.2, 0.25) is 0 Å². The lowest BCUT2D eigenvalue weighted by Gasteiger charge is -2.43. The first-order chi connectivity index (χ1) is 16.2. The number of benzene rings is 1. The number of nitrogens with two attached hydrogens (primary N) is 2. The van der Waals surface area contributed by atoms with Crippen molar-refractivity contribution in [3.05, 3.63) is 71.2 Å². The van der Waals surface area contributed by atoms with Crippen molar-refractivity contribution in [2.45, 2.75) is 44.9 Å². The molecule has 2 aromatic heterocycles. The number of aromatic nitrogens is 3. The third-order valence-electron chi connectivity index (χ3n) is 6.60. The zero-order chi connectivity index (χ0) is 24.0. The van der Waals surface area contributed by atoms with Gasteiger partial charge < -0.3 is 16.2 Å². The van der Waals surface area contributed by atoms with Crippen LogP contribution >= 0.6 is 0 Å². The maximum Gasteiger partial charge on any atom is 0.155 e. The summed E-state index contributed by atoms with van der Waals surface area (Å²) >= 11 is 0. The van der Waals surface area contributed by atoms with E-state index in [4.69, 9.17) is 21.5 Å². The van der Waals surface area contributed by atoms with Gasteiger partial charge >= 0.3 is 0 Å². The summed E-state index contributed by atoms with van der Waals surface area (Å²) < 4.78 is 8.17. The third kappa shape index (κ3) is 4.04. The second-order valence-corrected chi connectivity index (χ2v) is 9.77. The largest absolute Gasteiger partial charge is 0.398 e. The third-order valence-corrected chi connectivity index (χ3v) is 6.60. The van der Waals surface area contributed by atoms with E-state index in [9.17, 15) is 0 Å². The maximum absolute atomic E-state index is 9.07. The van der Waals surface area contributed by atoms with E-state index in [0.717, 1.165) is 54.9 Å². The van der Waals surface area contributed by atoms with Crippen LogP contribution in [0.15, 0.2) is 43.4 Å². The minimum absolute atomic E-state index is 0.113. The Bertz CT molecular complexity index is 1320. The maximum atomic E-state index is 9.07. The summed E-state index contributed by atoms with van der Waals surface area (Å²) in [6.07, 6.45) is 7.05. The summed E-state index contributed by atoms with van der Waals surface area (Å²) in [5, 5.41) is 13.5. The lowest BCUT2D eigenvalue weighted by Crippen LogP contribution is -2.49. The predicted octanol–water partition coefficient (Wildman–Crippen LogP) is 3.61. The van der Waals surface area contributed by atoms with Crippen molar-refractivity contribution in [3.63, 3.8) is 0 Å². The number of fused-ring (bicyclic) bond motifs is 1. The molecule has 0 saturated carbocycles. The number of ether oxygens (including phenoxy) is 1. The monoisotopic (exact) mass is 455 g/mol. The van der Waals surface area contributed by atoms with Gasteiger partial charge in [-0.2, -0.15) is 10.4 Å². The average molecular weight is 456 g/mol. The first-order valence-corrected chi connectivity index (χ1v) is 11.4. The molecule has 1 fully saturated rings. The molecule has 5 rings (SSSR count). The van der Waals surface area contributed by atoms with E-state index in [1.54, 1.807) is 10.7 Å². The molecule has 0 amide bonds. The molecule has 3 aromatic rings. The van der Waals surface area contributed by atoms with E-state index >= 15 is 0 Å². The van der Waals surface area contributed by atoms with E-state index in [1.165, 1.54) is 17.3 Å². The SMILES string of the molecule is C=C1CCc2c1ccc(C1CN(Cc3cnn(-c4cc(N)c(C#N)cn4)c3)CC(C)(C)O1)c2N. The Labute approximate surface area is 199 Å². The van der Waals surface area contributed by atoms with E-state index in [2.05, 4.69) is 47.5 Å². The van der Waals surface area contributed by atoms with Crippen LogP contribution in [0.3, 0.4) is 0 Å². The molecular formula is C26H29N7O. The Kier molecular flexibility index (Phi) is 5.39. The Morgan fingerprint density at radius 1 is 1.26 bits per heavy atom. The topological polar surface area (TPSA) is 119 Å². The average Bonchev–Trinajstić information content (AvgIpc) is 3.40. The van der Waals surface area contributed by atoms with Gasteiger partial charge in [0.15, 0.2) is 5.82 Å². The number of morpholine rings is 1. The molecule has 8 heteroatoms. The van der Waals surface area contributed by atoms with Gasteiger partial charge in [-0.1, -0.05) is 18.7 Å². The Balaban J connectivity index is 1.36. The van der Waals surface area contributed by atoms with Gasteiger partial charge in [0, 0.05) is 54.9 Å². The summed E-state index contributed by atoms with van der Waals surface area (Å²) in [6, 6.07) is 7.94. The second kappa shape index (κ2) is 8.28. The van der Waals surface area contributed by atoms with Crippen LogP contribution in [-0.2, 0) is 17.7 Å². The van der Waals surface area contributed by atoms with Gasteiger partial charge in [0.05, 0.1) is 29.2 Å². The van der Waals surface area contributed by atoms with Crippen molar-refractivity contribution in [2.24, 2.45) is 0 Å². The van der Waals surface area contributed by atoms with Gasteiger partial charge in [-0.25, -0.2) is 9.67 Å². The lowest BCUT2D eigenvalue weighted by atomic mass is 9.95. The molecule has 0 spiro atoms. The smallest absolute Gasteiger partial charge is 0.155 e. The summed E-state index contributed by atoms with van der Waals surface area (Å²) in [4.78, 5) is 6.68. The van der Waals surface area contributed by atoms with E-state index in [-0.39, 0.29) is 11.7 Å². The van der Waals surface area contributed by atoms with Crippen LogP contribution < -0.4 is 11.5 Å². The predicted molar refractivity (Wildman–Crippen MR) is 132 cm³/mol. The molecule has 1 unspecified atom stereocenters. The molecule has 3 heterocycles. The molecule has 174 valence electrons. The van der Waals surface area contributed by atoms with Gasteiger partial charge in [-0.05, 0) is 43.4 Å². The highest BCUT2D eigenvalue weighted by molar-refractivity contribution is 5.77. The van der Waals surface area contributed by atoms with Crippen molar-refractivity contribution in [3.8, 4) is 11.9 Å². The van der Waals surface area contributed by atoms with Crippen LogP contribution in [0.4, 0.5) is 11.4 Å². The standard InChI is InChI=1S/C26H29N7O/c1-16-4-5-20-19(16)6-7-21(25(20)29)23-14-32(15-26(2,3)34-23)12-17-10-31-33(13-17)24-8-22(28)18(9-27)11-30-24/h6-8,10-11,13,23H,1,4-5,12,14-15,29H2,2-3H3,(H2,28,30). The van der Waals surface area contributed by atoms with Gasteiger partial charge in [-0.3, -0.25) is 4.90 Å². The van der Waals surface area contributed by atoms with Crippen LogP contribution in [0.1, 0.15) is 54.2 Å². The number of nitrogens with zero attached hydrogens (tertiary/aromatic N) is 5. The molecule has 1 aliphatic carbocycles. The van der Waals surface area contributed by atoms with Crippen LogP contribution in [0.5, 0.6) is 0 Å². The van der Waals surface area contributed by atoms with E-state index < -0.39 is 0 Å². The molecule has 8 nitrogen and oxygen atoms in total. The fourth-order valence-corrected chi connectivity index (χ4v) is 5.06. The Morgan fingerprint density at radius 2 is 2.09 bits per heavy atom. The van der Waals surface area contributed by atoms with Crippen LogP contribution in [0.25, 0.3) is 11.4 Å². The highest BCUT2D eigenvalue weighted by Gasteiger charge is 2.36. The molecular weight excluding hydrogens is 426 g/mol. The van der Waals surface area contributed by atoms with Crippen molar-refractivity contribution >= 4 is 16.9 Å². The number of pyridine rings is 1. The summed E-state index contributed by atoms with van der Waals surface area (Å²) in [7, 11) is 0. The van der Waals surface area contributed by atoms with Gasteiger partial charge in [-0.15, -0.1) is 0 Å². The minimum atomic E-state index is -0.322. The first-order valence-electron chi connectivity index (χ1n) is 11.4. The van der Waals surface area contributed by atoms with Crippen molar-refractivity contribution in [1.82, 2.24) is 19.7 Å². The highest BCUT2D eigenvalue weighted by atomic mass is 16.5. The quantitative estimate of drug-likeness (QED) is 0.577. The zero-order valence-corrected chi connectivity index (χ0v) is 19.6. The molecule has 1 atom stereocenters. The fourth-order valence-electron chi connectivity index (χ4n) is 5.06. The van der Waals surface area contributed by atoms with Gasteiger partial charge in [0.1, 0.15) is 6.07 Å². The zero-order valence-electron chi connectivity index (χ0n) is 19.6. The van der Waals surface area contributed by atoms with Crippen LogP contribution in [-0.4, -0.2) is 38.4 Å². The molecule has 2 aliphatic rings. The van der Waals surface area contributed by atoms with Crippen LogP contribution in [0, 0.1) is 11.3 Å². The molecule has 1 saturated heterocycles. The van der Waals surface area contributed by atoms with Crippen molar-refractivity contribution < 1.29 is 4.74 Å². The van der Waals surface area contributed by atoms with E-state index in [0.29, 0.717) is 17.1 Å². The minimum Gasteiger partial charge on any atom is -0.398 e. The fraction of sp³-hybridized carbons (Fsp3) is 0.346. The number of hydrogen-bond acceptors (Lipinski definition) is 7. The Hall–Kier alpha value is -3.67. The number of anilines is 2. The van der Waals surface area contributed by atoms with Crippen molar-refractivity contribution in [1.29, 1.82) is 5.26 Å². The molecule has 4 N–H and O–H groups in total. The number of rotatable bonds is 4. The first kappa shape index (κ1) is 22.1. The van der Waals surface area contributed by atoms with E-state index in [1.807, 2.05) is 18.5 Å². The highest BCUT2D eigenvalue weighted by Crippen LogP contribution is 2.41. The van der Waals surface area contributed by atoms with Crippen molar-refractivity contribution in [2.75, 3.05) is 24.6 Å². The molecule has 34 heavy (non-hydrogen) atoms. The Morgan fingerprint density at radius 3 is 2.85 bits per heavy atom. The molecule has 1 aromatic carbocycles. The van der Waals surface area contributed by atoms with Gasteiger partial charge in [0.25, 0.3) is 0 Å². The molecule has 0 radical (unpaired) electrons. The number of hydrogen-bond donors (Lipinski definition) is 2. The second-order valence-electron chi connectivity index (χ2n) is 9.77. The number of nitriles is 1. The number of allylic oxidation sites excluding steroid dienone is 1. The summed E-state index contributed by atoms with van der Waals surface area (Å²) in [5.41, 5.74) is 19.5. The number of nitrogen functional groups attached to an aromatic ring is 2. The normalized spacial score (nSPS) is 19.7. The summed E-state index contributed by atoms with van der Waals surface area (Å²) in [5.74, 6) is 0.579. The molecule has 0 bridgehead atoms. The van der Waals surface area contributed by atoms with Crippen LogP contribution in [0.2, 0.25) is 0 Å². The summed E-state index contributed by atoms with van der Waals surface area (Å²) in [6.45, 7) is 10.6. The lowest BCUT2D eigenvalue weighted by molar-refractivity contribution is -0.140. The molecule has 1 aliphatic heterocycles.